The molecule has 0 rings (SSSR count). The van der Waals surface area contributed by atoms with Crippen LogP contribution in [0.3, 0.4) is 0 Å². The monoisotopic (exact) mass is 197 g/mol. The summed E-state index contributed by atoms with van der Waals surface area (Å²) < 4.78 is 19.3. The summed E-state index contributed by atoms with van der Waals surface area (Å²) in [6.45, 7) is 6.97. The maximum Gasteiger partial charge on any atom is 0.759 e. The molecule has 0 aliphatic carbocycles. The Bertz CT molecular complexity index is 122. The highest BCUT2D eigenvalue weighted by molar-refractivity contribution is 7.32. The Morgan fingerprint density at radius 2 is 1.25 bits per heavy atom. The molecule has 0 saturated heterocycles. The van der Waals surface area contributed by atoms with Gasteiger partial charge in [0, 0.05) is 4.57 Å². The van der Waals surface area contributed by atoms with Crippen LogP contribution in [0.5, 0.6) is 0 Å². The summed E-state index contributed by atoms with van der Waals surface area (Å²) in [6.07, 6.45) is -0.321. The number of rotatable bonds is 6. The molecule has 0 aliphatic rings. The van der Waals surface area contributed by atoms with Gasteiger partial charge >= 0.3 is 8.25 Å². The average Bonchev–Trinajstić information content (AvgIpc) is 1.96. The van der Waals surface area contributed by atoms with Crippen LogP contribution in [-0.4, -0.2) is 12.2 Å². The van der Waals surface area contributed by atoms with Crippen molar-refractivity contribution in [2.45, 2.75) is 39.9 Å². The minimum atomic E-state index is -2.34. The molecular weight excluding hydrogens is 183 g/mol. The Balaban J connectivity index is 3.34. The largest absolute Gasteiger partial charge is 0.759 e. The molecule has 0 aromatic rings. The molecule has 0 saturated carbocycles. The van der Waals surface area contributed by atoms with Crippen LogP contribution in [0.4, 0.5) is 0 Å². The zero-order valence-corrected chi connectivity index (χ0v) is 8.54. The minimum Gasteiger partial charge on any atom is -0.184 e. The van der Waals surface area contributed by atoms with E-state index in [4.69, 9.17) is 0 Å². The molecule has 0 aromatic heterocycles. The third-order valence-electron chi connectivity index (χ3n) is 0.593. The fourth-order valence-corrected chi connectivity index (χ4v) is 0.764. The van der Waals surface area contributed by atoms with Gasteiger partial charge in [-0.2, -0.15) is 9.78 Å². The molecule has 72 valence electrons. The summed E-state index contributed by atoms with van der Waals surface area (Å²) in [7, 11) is -2.34. The van der Waals surface area contributed by atoms with Crippen LogP contribution in [0, 0.1) is 0 Å². The first-order valence-electron chi connectivity index (χ1n) is 3.66. The van der Waals surface area contributed by atoms with Crippen molar-refractivity contribution in [3.05, 3.63) is 0 Å². The first-order valence-corrected chi connectivity index (χ1v) is 4.76. The van der Waals surface area contributed by atoms with Crippen molar-refractivity contribution < 1.29 is 23.7 Å². The molecule has 0 atom stereocenters. The van der Waals surface area contributed by atoms with E-state index >= 15 is 0 Å². The number of hydrogen-bond donors (Lipinski definition) is 0. The van der Waals surface area contributed by atoms with Gasteiger partial charge in [-0.15, -0.1) is 0 Å². The van der Waals surface area contributed by atoms with E-state index in [0.29, 0.717) is 0 Å². The van der Waals surface area contributed by atoms with E-state index in [0.717, 1.165) is 0 Å². The summed E-state index contributed by atoms with van der Waals surface area (Å²) in [5.74, 6) is 0. The molecule has 6 heteroatoms. The van der Waals surface area contributed by atoms with Gasteiger partial charge in [0.15, 0.2) is 0 Å². The Labute approximate surface area is 72.8 Å². The summed E-state index contributed by atoms with van der Waals surface area (Å²) in [6, 6.07) is 0. The minimum absolute atomic E-state index is 0.161. The lowest BCUT2D eigenvalue weighted by molar-refractivity contribution is -0.284. The van der Waals surface area contributed by atoms with Crippen LogP contribution in [0.25, 0.3) is 0 Å². The average molecular weight is 197 g/mol. The van der Waals surface area contributed by atoms with E-state index in [2.05, 4.69) is 19.1 Å². The van der Waals surface area contributed by atoms with E-state index in [9.17, 15) is 4.57 Å². The molecule has 0 N–H and O–H groups in total. The van der Waals surface area contributed by atoms with Gasteiger partial charge in [0.2, 0.25) is 0 Å². The molecule has 0 spiro atoms. The molecule has 0 heterocycles. The molecule has 12 heavy (non-hydrogen) atoms. The molecule has 0 radical (unpaired) electrons. The molecule has 0 bridgehead atoms. The third kappa shape index (κ3) is 8.04. The second-order valence-electron chi connectivity index (χ2n) is 2.66. The topological polar surface area (TPSA) is 54.0 Å². The van der Waals surface area contributed by atoms with Gasteiger partial charge in [-0.05, 0) is 27.7 Å². The maximum atomic E-state index is 10.7. The first kappa shape index (κ1) is 11.9. The van der Waals surface area contributed by atoms with Gasteiger partial charge in [-0.1, -0.05) is 0 Å². The van der Waals surface area contributed by atoms with Gasteiger partial charge in [0.25, 0.3) is 0 Å². The SMILES string of the molecule is CC(C)OO[P+](=O)OOC(C)C. The molecule has 0 unspecified atom stereocenters. The Morgan fingerprint density at radius 3 is 1.50 bits per heavy atom. The second kappa shape index (κ2) is 6.46. The van der Waals surface area contributed by atoms with E-state index < -0.39 is 8.25 Å². The predicted molar refractivity (Wildman–Crippen MR) is 42.2 cm³/mol. The first-order chi connectivity index (χ1) is 5.52. The Hall–Kier alpha value is -0.0600. The van der Waals surface area contributed by atoms with Crippen LogP contribution >= 0.6 is 8.25 Å². The van der Waals surface area contributed by atoms with Gasteiger partial charge in [-0.25, -0.2) is 0 Å². The lowest BCUT2D eigenvalue weighted by atomic mass is 10.5. The van der Waals surface area contributed by atoms with Gasteiger partial charge in [0.05, 0.1) is 21.6 Å². The molecule has 0 amide bonds. The third-order valence-corrected chi connectivity index (χ3v) is 1.01. The zero-order valence-electron chi connectivity index (χ0n) is 7.64. The van der Waals surface area contributed by atoms with Crippen molar-refractivity contribution in [3.8, 4) is 0 Å². The maximum absolute atomic E-state index is 10.7. The van der Waals surface area contributed by atoms with Crippen LogP contribution < -0.4 is 0 Å². The van der Waals surface area contributed by atoms with Crippen molar-refractivity contribution in [2.24, 2.45) is 0 Å². The fraction of sp³-hybridized carbons (Fsp3) is 1.00. The van der Waals surface area contributed by atoms with E-state index in [-0.39, 0.29) is 12.2 Å². The predicted octanol–water partition coefficient (Wildman–Crippen LogP) is 2.36. The van der Waals surface area contributed by atoms with Crippen molar-refractivity contribution >= 4 is 8.25 Å². The standard InChI is InChI=1S/C6H14O5P/c1-5(2)8-10-12(7)11-9-6(3)4/h5-6H,1-4H3/q+1. The summed E-state index contributed by atoms with van der Waals surface area (Å²) in [5, 5.41) is 0. The normalized spacial score (nSPS) is 11.2. The van der Waals surface area contributed by atoms with Crippen LogP contribution in [0.15, 0.2) is 0 Å². The Morgan fingerprint density at radius 1 is 0.917 bits per heavy atom. The molecule has 5 nitrogen and oxygen atoms in total. The van der Waals surface area contributed by atoms with Crippen molar-refractivity contribution in [1.29, 1.82) is 0 Å². The molecular formula is C6H14O5P+. The molecule has 0 aliphatic heterocycles. The summed E-state index contributed by atoms with van der Waals surface area (Å²) in [5.41, 5.74) is 0. The lowest BCUT2D eigenvalue weighted by Gasteiger charge is -1.97. The molecule has 0 fully saturated rings. The highest BCUT2D eigenvalue weighted by Gasteiger charge is 2.25. The van der Waals surface area contributed by atoms with E-state index in [1.54, 1.807) is 27.7 Å². The highest BCUT2D eigenvalue weighted by Crippen LogP contribution is 2.25. The van der Waals surface area contributed by atoms with Crippen molar-refractivity contribution in [1.82, 2.24) is 0 Å². The van der Waals surface area contributed by atoms with Crippen molar-refractivity contribution in [2.75, 3.05) is 0 Å². The van der Waals surface area contributed by atoms with Crippen LogP contribution in [0.1, 0.15) is 27.7 Å². The number of hydrogen-bond acceptors (Lipinski definition) is 5. The smallest absolute Gasteiger partial charge is 0.184 e. The highest BCUT2D eigenvalue weighted by atomic mass is 31.1. The van der Waals surface area contributed by atoms with Gasteiger partial charge in [-0.3, -0.25) is 0 Å². The summed E-state index contributed by atoms with van der Waals surface area (Å²) in [4.78, 5) is 9.09. The Kier molecular flexibility index (Phi) is 6.42. The van der Waals surface area contributed by atoms with Gasteiger partial charge in [0.1, 0.15) is 0 Å². The van der Waals surface area contributed by atoms with Crippen LogP contribution in [0.2, 0.25) is 0 Å². The lowest BCUT2D eigenvalue weighted by Crippen LogP contribution is -2.02. The summed E-state index contributed by atoms with van der Waals surface area (Å²) >= 11 is 0. The van der Waals surface area contributed by atoms with E-state index in [1.807, 2.05) is 0 Å². The molecule has 0 aromatic carbocycles. The van der Waals surface area contributed by atoms with Crippen molar-refractivity contribution in [3.63, 3.8) is 0 Å². The second-order valence-corrected chi connectivity index (χ2v) is 3.41. The fourth-order valence-electron chi connectivity index (χ4n) is 0.255. The zero-order chi connectivity index (χ0) is 9.56. The van der Waals surface area contributed by atoms with Crippen LogP contribution in [-0.2, 0) is 23.7 Å². The van der Waals surface area contributed by atoms with Gasteiger partial charge < -0.3 is 0 Å². The quantitative estimate of drug-likeness (QED) is 0.371. The van der Waals surface area contributed by atoms with E-state index in [1.165, 1.54) is 0 Å².